The number of alkyl halides is 3. The molecule has 0 aliphatic carbocycles. The van der Waals surface area contributed by atoms with Gasteiger partial charge in [0.05, 0.1) is 22.9 Å². The van der Waals surface area contributed by atoms with Gasteiger partial charge in [0, 0.05) is 29.2 Å². The fourth-order valence-corrected chi connectivity index (χ4v) is 5.67. The van der Waals surface area contributed by atoms with E-state index in [2.05, 4.69) is 15.5 Å². The Morgan fingerprint density at radius 1 is 0.923 bits per heavy atom. The Balaban J connectivity index is 1.46. The number of hydrogen-bond donors (Lipinski definition) is 2. The summed E-state index contributed by atoms with van der Waals surface area (Å²) in [5.74, 6) is -0.0135. The van der Waals surface area contributed by atoms with Crippen molar-refractivity contribution in [3.8, 4) is 0 Å². The average Bonchev–Trinajstić information content (AvgIpc) is 2.92. The van der Waals surface area contributed by atoms with Crippen LogP contribution in [0.4, 0.5) is 24.5 Å². The van der Waals surface area contributed by atoms with Crippen molar-refractivity contribution >= 4 is 40.1 Å². The first kappa shape index (κ1) is 26.6. The molecular formula is C29H25F3N4O2S. The number of carbonyl (C=O) groups excluding carboxylic acids is 2. The predicted molar refractivity (Wildman–Crippen MR) is 148 cm³/mol. The summed E-state index contributed by atoms with van der Waals surface area (Å²) in [4.78, 5) is 33.2. The number of nitrogens with one attached hydrogen (secondary N) is 2. The molecule has 2 aliphatic rings. The number of fused-ring (bicyclic) bond motifs is 1. The number of hydrogen-bond acceptors (Lipinski definition) is 5. The molecule has 1 saturated heterocycles. The van der Waals surface area contributed by atoms with Gasteiger partial charge < -0.3 is 15.5 Å². The molecule has 2 N–H and O–H groups in total. The van der Waals surface area contributed by atoms with Crippen LogP contribution >= 0.6 is 11.8 Å². The number of thioether (sulfide) groups is 1. The number of amidine groups is 1. The lowest BCUT2D eigenvalue weighted by Gasteiger charge is -2.41. The molecule has 2 aliphatic heterocycles. The van der Waals surface area contributed by atoms with Crippen LogP contribution in [-0.2, 0) is 11.0 Å². The quantitative estimate of drug-likeness (QED) is 0.370. The third kappa shape index (κ3) is 5.85. The van der Waals surface area contributed by atoms with Crippen LogP contribution in [0.25, 0.3) is 0 Å². The Kier molecular flexibility index (Phi) is 7.47. The van der Waals surface area contributed by atoms with Crippen LogP contribution in [0.3, 0.4) is 0 Å². The summed E-state index contributed by atoms with van der Waals surface area (Å²) < 4.78 is 39.4. The highest BCUT2D eigenvalue weighted by atomic mass is 32.2. The molecule has 5 rings (SSSR count). The zero-order valence-electron chi connectivity index (χ0n) is 21.0. The van der Waals surface area contributed by atoms with Gasteiger partial charge in [-0.05, 0) is 61.4 Å². The van der Waals surface area contributed by atoms with Crippen LogP contribution in [0.2, 0.25) is 0 Å². The fourth-order valence-electron chi connectivity index (χ4n) is 4.65. The third-order valence-electron chi connectivity index (χ3n) is 6.45. The molecule has 2 amide bonds. The number of amides is 2. The summed E-state index contributed by atoms with van der Waals surface area (Å²) in [5.41, 5.74) is 1.92. The minimum Gasteiger partial charge on any atom is -0.340 e. The summed E-state index contributed by atoms with van der Waals surface area (Å²) in [6.07, 6.45) is -3.64. The molecule has 39 heavy (non-hydrogen) atoms. The second-order valence-electron chi connectivity index (χ2n) is 9.17. The highest BCUT2D eigenvalue weighted by molar-refractivity contribution is 8.13. The molecule has 1 unspecified atom stereocenters. The smallest absolute Gasteiger partial charge is 0.340 e. The summed E-state index contributed by atoms with van der Waals surface area (Å²) in [7, 11) is 0. The van der Waals surface area contributed by atoms with Crippen molar-refractivity contribution in [2.24, 2.45) is 4.99 Å². The second kappa shape index (κ2) is 11.0. The zero-order valence-corrected chi connectivity index (χ0v) is 21.8. The van der Waals surface area contributed by atoms with Crippen LogP contribution < -0.4 is 10.6 Å². The number of anilines is 2. The lowest BCUT2D eigenvalue weighted by molar-refractivity contribution is -0.137. The van der Waals surface area contributed by atoms with E-state index in [0.29, 0.717) is 29.2 Å². The van der Waals surface area contributed by atoms with E-state index in [4.69, 9.17) is 4.99 Å². The molecule has 1 fully saturated rings. The number of allylic oxidation sites excluding steroid dienone is 1. The molecule has 6 nitrogen and oxygen atoms in total. The van der Waals surface area contributed by atoms with Gasteiger partial charge in [0.1, 0.15) is 0 Å². The van der Waals surface area contributed by atoms with Crippen LogP contribution in [0.1, 0.15) is 40.9 Å². The minimum absolute atomic E-state index is 0.103. The van der Waals surface area contributed by atoms with E-state index in [1.165, 1.54) is 12.1 Å². The molecule has 0 spiro atoms. The van der Waals surface area contributed by atoms with Gasteiger partial charge in [-0.25, -0.2) is 4.99 Å². The predicted octanol–water partition coefficient (Wildman–Crippen LogP) is 6.72. The van der Waals surface area contributed by atoms with E-state index >= 15 is 0 Å². The van der Waals surface area contributed by atoms with E-state index in [9.17, 15) is 22.8 Å². The van der Waals surface area contributed by atoms with Crippen molar-refractivity contribution < 1.29 is 22.8 Å². The van der Waals surface area contributed by atoms with E-state index in [-0.39, 0.29) is 11.5 Å². The normalized spacial score (nSPS) is 17.3. The van der Waals surface area contributed by atoms with Crippen molar-refractivity contribution in [1.82, 2.24) is 4.90 Å². The highest BCUT2D eigenvalue weighted by Gasteiger charge is 2.37. The Labute approximate surface area is 228 Å². The Hall–Kier alpha value is -4.05. The molecule has 0 saturated carbocycles. The number of rotatable bonds is 5. The van der Waals surface area contributed by atoms with Gasteiger partial charge in [-0.3, -0.25) is 9.59 Å². The molecule has 2 heterocycles. The van der Waals surface area contributed by atoms with Crippen LogP contribution in [-0.4, -0.2) is 34.2 Å². The van der Waals surface area contributed by atoms with Gasteiger partial charge in [0.25, 0.3) is 11.8 Å². The minimum atomic E-state index is -4.55. The number of carbonyl (C=O) groups is 2. The number of halogens is 3. The second-order valence-corrected chi connectivity index (χ2v) is 10.2. The monoisotopic (exact) mass is 550 g/mol. The van der Waals surface area contributed by atoms with E-state index < -0.39 is 23.7 Å². The molecule has 0 radical (unpaired) electrons. The molecule has 10 heteroatoms. The maximum atomic E-state index is 13.6. The molecule has 3 aromatic carbocycles. The zero-order chi connectivity index (χ0) is 27.6. The largest absolute Gasteiger partial charge is 0.416 e. The van der Waals surface area contributed by atoms with Crippen molar-refractivity contribution in [1.29, 1.82) is 0 Å². The lowest BCUT2D eigenvalue weighted by Crippen LogP contribution is -2.43. The van der Waals surface area contributed by atoms with E-state index in [1.54, 1.807) is 42.1 Å². The maximum Gasteiger partial charge on any atom is 0.416 e. The Bertz CT molecular complexity index is 1470. The van der Waals surface area contributed by atoms with Crippen molar-refractivity contribution in [3.05, 3.63) is 107 Å². The topological polar surface area (TPSA) is 73.8 Å². The maximum absolute atomic E-state index is 13.6. The van der Waals surface area contributed by atoms with Crippen LogP contribution in [0, 0.1) is 0 Å². The fraction of sp³-hybridized carbons (Fsp3) is 0.207. The highest BCUT2D eigenvalue weighted by Crippen LogP contribution is 2.40. The van der Waals surface area contributed by atoms with Crippen LogP contribution in [0.15, 0.2) is 95.1 Å². The molecule has 0 aromatic heterocycles. The first-order chi connectivity index (χ1) is 18.7. The first-order valence-electron chi connectivity index (χ1n) is 12.3. The van der Waals surface area contributed by atoms with Gasteiger partial charge in [-0.15, -0.1) is 0 Å². The van der Waals surface area contributed by atoms with E-state index in [0.717, 1.165) is 35.0 Å². The number of nitrogens with zero attached hydrogens (tertiary/aromatic N) is 2. The van der Waals surface area contributed by atoms with Crippen LogP contribution in [0.5, 0.6) is 0 Å². The Morgan fingerprint density at radius 2 is 1.64 bits per heavy atom. The molecular weight excluding hydrogens is 525 g/mol. The van der Waals surface area contributed by atoms with Gasteiger partial charge in [0.2, 0.25) is 0 Å². The van der Waals surface area contributed by atoms with Gasteiger partial charge in [0.15, 0.2) is 5.17 Å². The summed E-state index contributed by atoms with van der Waals surface area (Å²) in [6, 6.07) is 20.0. The van der Waals surface area contributed by atoms with E-state index in [1.807, 2.05) is 31.2 Å². The Morgan fingerprint density at radius 3 is 2.41 bits per heavy atom. The van der Waals surface area contributed by atoms with Crippen molar-refractivity contribution in [2.75, 3.05) is 22.9 Å². The first-order valence-corrected chi connectivity index (χ1v) is 13.3. The summed E-state index contributed by atoms with van der Waals surface area (Å²) >= 11 is 1.63. The molecule has 0 bridgehead atoms. The lowest BCUT2D eigenvalue weighted by atomic mass is 9.93. The van der Waals surface area contributed by atoms with Gasteiger partial charge in [-0.2, -0.15) is 13.2 Å². The number of benzene rings is 3. The summed E-state index contributed by atoms with van der Waals surface area (Å²) in [5, 5.41) is 6.50. The SMILES string of the molecule is CC1=C(C(=O)Nc2ccccc2)C(c2cccc(NC(=O)c3cccc(C(F)(F)F)c3)c2)N2CCCSC2=N1. The number of para-hydroxylation sites is 1. The standard InChI is InChI=1S/C29H25F3N4O2S/c1-18-24(27(38)34-22-11-3-2-4-12-22)25(36-14-7-15-39-28(36)33-18)19-8-6-13-23(17-19)35-26(37)20-9-5-10-21(16-20)29(30,31)32/h2-6,8-13,16-17,25H,7,14-15H2,1H3,(H,34,38)(H,35,37). The van der Waals surface area contributed by atoms with Crippen molar-refractivity contribution in [3.63, 3.8) is 0 Å². The molecule has 3 aromatic rings. The molecule has 1 atom stereocenters. The summed E-state index contributed by atoms with van der Waals surface area (Å²) in [6.45, 7) is 2.51. The molecule has 200 valence electrons. The number of aliphatic imine (C=N–C) groups is 1. The van der Waals surface area contributed by atoms with Gasteiger partial charge >= 0.3 is 6.18 Å². The average molecular weight is 551 g/mol. The third-order valence-corrected chi connectivity index (χ3v) is 7.52. The van der Waals surface area contributed by atoms with Crippen molar-refractivity contribution in [2.45, 2.75) is 25.6 Å². The van der Waals surface area contributed by atoms with Gasteiger partial charge in [-0.1, -0.05) is 48.2 Å².